The van der Waals surface area contributed by atoms with Crippen molar-refractivity contribution in [2.45, 2.75) is 37.1 Å². The molecule has 0 aliphatic heterocycles. The van der Waals surface area contributed by atoms with Gasteiger partial charge in [-0.25, -0.2) is 13.1 Å². The minimum Gasteiger partial charge on any atom is -0.355 e. The fourth-order valence-corrected chi connectivity index (χ4v) is 5.12. The van der Waals surface area contributed by atoms with E-state index in [-0.39, 0.29) is 10.8 Å². The number of para-hydroxylation sites is 1. The van der Waals surface area contributed by atoms with E-state index in [1.807, 2.05) is 54.4 Å². The summed E-state index contributed by atoms with van der Waals surface area (Å²) in [7, 11) is -3.77. The van der Waals surface area contributed by atoms with Gasteiger partial charge in [-0.05, 0) is 68.0 Å². The fourth-order valence-electron chi connectivity index (χ4n) is 3.40. The highest BCUT2D eigenvalue weighted by Gasteiger charge is 2.25. The summed E-state index contributed by atoms with van der Waals surface area (Å²) in [6.07, 6.45) is 5.86. The highest BCUT2D eigenvalue weighted by Crippen LogP contribution is 2.14. The molecule has 0 saturated heterocycles. The lowest BCUT2D eigenvalue weighted by Gasteiger charge is -2.18. The molecule has 2 N–H and O–H groups in total. The number of aryl methyl sites for hydroxylation is 2. The van der Waals surface area contributed by atoms with Crippen LogP contribution in [-0.4, -0.2) is 48.7 Å². The molecular formula is C24H30N4O3S2. The monoisotopic (exact) mass is 486 g/mol. The zero-order chi connectivity index (χ0) is 23.7. The van der Waals surface area contributed by atoms with Gasteiger partial charge in [0, 0.05) is 12.7 Å². The van der Waals surface area contributed by atoms with Crippen LogP contribution >= 0.6 is 11.8 Å². The van der Waals surface area contributed by atoms with Crippen LogP contribution in [0.4, 0.5) is 0 Å². The van der Waals surface area contributed by atoms with Crippen molar-refractivity contribution >= 4 is 27.7 Å². The van der Waals surface area contributed by atoms with Gasteiger partial charge >= 0.3 is 0 Å². The minimum atomic E-state index is -3.77. The number of rotatable bonds is 12. The smallest absolute Gasteiger partial charge is 0.241 e. The van der Waals surface area contributed by atoms with Crippen LogP contribution in [0, 0.1) is 6.92 Å². The summed E-state index contributed by atoms with van der Waals surface area (Å²) in [5.41, 5.74) is 3.08. The van der Waals surface area contributed by atoms with E-state index in [0.717, 1.165) is 29.8 Å². The normalized spacial score (nSPS) is 12.4. The summed E-state index contributed by atoms with van der Waals surface area (Å²) < 4.78 is 29.8. The Bertz CT molecular complexity index is 1130. The Balaban J connectivity index is 1.55. The predicted molar refractivity (Wildman–Crippen MR) is 133 cm³/mol. The highest BCUT2D eigenvalue weighted by molar-refractivity contribution is 7.98. The second-order valence-electron chi connectivity index (χ2n) is 7.68. The molecule has 3 rings (SSSR count). The number of nitrogens with one attached hydrogen (secondary N) is 2. The molecule has 0 radical (unpaired) electrons. The molecular weight excluding hydrogens is 456 g/mol. The molecule has 176 valence electrons. The molecule has 1 atom stereocenters. The number of benzene rings is 2. The maximum atomic E-state index is 12.8. The van der Waals surface area contributed by atoms with E-state index in [0.29, 0.717) is 18.7 Å². The van der Waals surface area contributed by atoms with E-state index in [9.17, 15) is 13.2 Å². The molecule has 0 bridgehead atoms. The van der Waals surface area contributed by atoms with Gasteiger partial charge in [0.05, 0.1) is 16.3 Å². The lowest BCUT2D eigenvalue weighted by Crippen LogP contribution is -2.47. The first kappa shape index (κ1) is 25.0. The van der Waals surface area contributed by atoms with Crippen molar-refractivity contribution in [1.29, 1.82) is 0 Å². The zero-order valence-corrected chi connectivity index (χ0v) is 20.5. The lowest BCUT2D eigenvalue weighted by molar-refractivity contribution is -0.122. The summed E-state index contributed by atoms with van der Waals surface area (Å²) in [5, 5.41) is 7.47. The van der Waals surface area contributed by atoms with Crippen LogP contribution in [0.2, 0.25) is 0 Å². The fraction of sp³-hybridized carbons (Fsp3) is 0.333. The van der Waals surface area contributed by atoms with Crippen molar-refractivity contribution < 1.29 is 13.2 Å². The van der Waals surface area contributed by atoms with E-state index in [1.54, 1.807) is 30.0 Å². The molecule has 1 unspecified atom stereocenters. The summed E-state index contributed by atoms with van der Waals surface area (Å²) >= 11 is 1.57. The summed E-state index contributed by atoms with van der Waals surface area (Å²) in [5.74, 6) is 0.369. The van der Waals surface area contributed by atoms with Gasteiger partial charge in [0.25, 0.3) is 0 Å². The standard InChI is InChI=1S/C24H30N4O3S2/c1-19-20(18-28(26-19)21-11-5-3-6-12-21)10-9-16-25-24(29)23(15-17-32-2)27-33(30,31)22-13-7-4-8-14-22/h3-8,11-14,18,23,27H,9-10,15-17H2,1-2H3,(H,25,29). The molecule has 1 heterocycles. The SMILES string of the molecule is CSCCC(NS(=O)(=O)c1ccccc1)C(=O)NCCCc1cn(-c2ccccc2)nc1C. The van der Waals surface area contributed by atoms with Crippen molar-refractivity contribution in [2.24, 2.45) is 0 Å². The number of sulfonamides is 1. The number of thioether (sulfide) groups is 1. The Kier molecular flexibility index (Phi) is 9.11. The zero-order valence-electron chi connectivity index (χ0n) is 18.9. The van der Waals surface area contributed by atoms with Gasteiger partial charge in [-0.2, -0.15) is 21.6 Å². The number of amides is 1. The maximum absolute atomic E-state index is 12.8. The number of hydrogen-bond donors (Lipinski definition) is 2. The second kappa shape index (κ2) is 12.0. The van der Waals surface area contributed by atoms with E-state index >= 15 is 0 Å². The Hall–Kier alpha value is -2.62. The van der Waals surface area contributed by atoms with E-state index < -0.39 is 16.1 Å². The molecule has 7 nitrogen and oxygen atoms in total. The largest absolute Gasteiger partial charge is 0.355 e. The summed E-state index contributed by atoms with van der Waals surface area (Å²) in [4.78, 5) is 12.9. The van der Waals surface area contributed by atoms with Gasteiger partial charge in [0.2, 0.25) is 15.9 Å². The van der Waals surface area contributed by atoms with Gasteiger partial charge < -0.3 is 5.32 Å². The van der Waals surface area contributed by atoms with Crippen molar-refractivity contribution in [3.8, 4) is 5.69 Å². The average Bonchev–Trinajstić information content (AvgIpc) is 3.20. The van der Waals surface area contributed by atoms with Crippen LogP contribution in [0.25, 0.3) is 5.69 Å². The first-order valence-electron chi connectivity index (χ1n) is 10.9. The molecule has 1 aromatic heterocycles. The number of nitrogens with zero attached hydrogens (tertiary/aromatic N) is 2. The first-order chi connectivity index (χ1) is 15.9. The Morgan fingerprint density at radius 3 is 2.42 bits per heavy atom. The topological polar surface area (TPSA) is 93.1 Å². The van der Waals surface area contributed by atoms with Gasteiger partial charge in [-0.1, -0.05) is 36.4 Å². The Morgan fingerprint density at radius 2 is 1.76 bits per heavy atom. The van der Waals surface area contributed by atoms with Crippen molar-refractivity contribution in [1.82, 2.24) is 19.8 Å². The highest BCUT2D eigenvalue weighted by atomic mass is 32.2. The molecule has 0 saturated carbocycles. The van der Waals surface area contributed by atoms with Crippen molar-refractivity contribution in [2.75, 3.05) is 18.6 Å². The molecule has 2 aromatic carbocycles. The molecule has 0 fully saturated rings. The van der Waals surface area contributed by atoms with Crippen LogP contribution in [0.1, 0.15) is 24.1 Å². The van der Waals surface area contributed by atoms with E-state index in [2.05, 4.69) is 15.1 Å². The quantitative estimate of drug-likeness (QED) is 0.383. The molecule has 0 aliphatic carbocycles. The maximum Gasteiger partial charge on any atom is 0.241 e. The molecule has 0 spiro atoms. The summed E-state index contributed by atoms with van der Waals surface area (Å²) in [6.45, 7) is 2.43. The van der Waals surface area contributed by atoms with Crippen LogP contribution in [-0.2, 0) is 21.2 Å². The molecule has 0 aliphatic rings. The number of carbonyl (C=O) groups excluding carboxylic acids is 1. The first-order valence-corrected chi connectivity index (χ1v) is 13.7. The number of hydrogen-bond acceptors (Lipinski definition) is 5. The van der Waals surface area contributed by atoms with E-state index in [4.69, 9.17) is 0 Å². The predicted octanol–water partition coefficient (Wildman–Crippen LogP) is 3.33. The van der Waals surface area contributed by atoms with Crippen LogP contribution in [0.5, 0.6) is 0 Å². The Morgan fingerprint density at radius 1 is 1.09 bits per heavy atom. The average molecular weight is 487 g/mol. The summed E-state index contributed by atoms with van der Waals surface area (Å²) in [6, 6.07) is 17.2. The number of aromatic nitrogens is 2. The third-order valence-corrected chi connectivity index (χ3v) is 7.35. The third kappa shape index (κ3) is 7.18. The third-order valence-electron chi connectivity index (χ3n) is 5.22. The van der Waals surface area contributed by atoms with Crippen molar-refractivity contribution in [3.63, 3.8) is 0 Å². The van der Waals surface area contributed by atoms with Gasteiger partial charge in [0.15, 0.2) is 0 Å². The van der Waals surface area contributed by atoms with Gasteiger partial charge in [0.1, 0.15) is 6.04 Å². The molecule has 9 heteroatoms. The van der Waals surface area contributed by atoms with E-state index in [1.165, 1.54) is 12.1 Å². The van der Waals surface area contributed by atoms with Crippen LogP contribution in [0.3, 0.4) is 0 Å². The minimum absolute atomic E-state index is 0.151. The molecule has 1 amide bonds. The molecule has 3 aromatic rings. The van der Waals surface area contributed by atoms with Crippen LogP contribution < -0.4 is 10.0 Å². The second-order valence-corrected chi connectivity index (χ2v) is 10.4. The van der Waals surface area contributed by atoms with Crippen molar-refractivity contribution in [3.05, 3.63) is 78.1 Å². The van der Waals surface area contributed by atoms with Crippen LogP contribution in [0.15, 0.2) is 71.8 Å². The lowest BCUT2D eigenvalue weighted by atomic mass is 10.1. The Labute approximate surface area is 200 Å². The van der Waals surface area contributed by atoms with Gasteiger partial charge in [-0.3, -0.25) is 4.79 Å². The van der Waals surface area contributed by atoms with Gasteiger partial charge in [-0.15, -0.1) is 0 Å². The molecule has 33 heavy (non-hydrogen) atoms. The number of carbonyl (C=O) groups is 1.